The molecule has 2 aromatic heterocycles. The maximum Gasteiger partial charge on any atom is 0.240 e. The summed E-state index contributed by atoms with van der Waals surface area (Å²) < 4.78 is 49.2. The number of hydrogen-bond acceptors (Lipinski definition) is 5. The van der Waals surface area contributed by atoms with Gasteiger partial charge in [0.1, 0.15) is 34.4 Å². The van der Waals surface area contributed by atoms with Gasteiger partial charge in [0.25, 0.3) is 0 Å². The molecular weight excluding hydrogens is 487 g/mol. The van der Waals surface area contributed by atoms with E-state index < -0.39 is 34.7 Å². The van der Waals surface area contributed by atoms with Crippen LogP contribution < -0.4 is 15.4 Å². The van der Waals surface area contributed by atoms with Crippen molar-refractivity contribution in [3.05, 3.63) is 84.6 Å². The summed E-state index contributed by atoms with van der Waals surface area (Å²) in [6, 6.07) is 9.88. The lowest BCUT2D eigenvalue weighted by Crippen LogP contribution is -2.36. The van der Waals surface area contributed by atoms with Crippen molar-refractivity contribution in [2.24, 2.45) is 12.5 Å². The second-order valence-corrected chi connectivity index (χ2v) is 8.64. The van der Waals surface area contributed by atoms with E-state index in [0.29, 0.717) is 17.5 Å². The summed E-state index contributed by atoms with van der Waals surface area (Å²) in [6.45, 7) is 0. The molecule has 37 heavy (non-hydrogen) atoms. The van der Waals surface area contributed by atoms with Crippen molar-refractivity contribution in [3.63, 3.8) is 0 Å². The number of amides is 2. The monoisotopic (exact) mass is 507 g/mol. The number of halogens is 3. The number of pyridine rings is 1. The van der Waals surface area contributed by atoms with Crippen LogP contribution in [0.25, 0.3) is 11.3 Å². The number of aromatic nitrogens is 3. The van der Waals surface area contributed by atoms with Gasteiger partial charge in [-0.2, -0.15) is 5.10 Å². The fourth-order valence-electron chi connectivity index (χ4n) is 3.74. The van der Waals surface area contributed by atoms with Crippen molar-refractivity contribution in [3.8, 4) is 22.8 Å². The van der Waals surface area contributed by atoms with Crippen LogP contribution in [-0.4, -0.2) is 26.6 Å². The Balaban J connectivity index is 1.26. The Morgan fingerprint density at radius 1 is 0.919 bits per heavy atom. The molecule has 0 saturated heterocycles. The van der Waals surface area contributed by atoms with Crippen LogP contribution in [0.15, 0.2) is 67.1 Å². The Morgan fingerprint density at radius 2 is 1.57 bits per heavy atom. The molecule has 2 amide bonds. The first-order valence-corrected chi connectivity index (χ1v) is 11.2. The normalized spacial score (nSPS) is 13.6. The van der Waals surface area contributed by atoms with Crippen molar-refractivity contribution in [1.82, 2.24) is 14.8 Å². The molecular formula is C26H20F3N5O3. The van der Waals surface area contributed by atoms with E-state index in [1.165, 1.54) is 12.1 Å². The minimum absolute atomic E-state index is 0.143. The predicted octanol–water partition coefficient (Wildman–Crippen LogP) is 5.05. The van der Waals surface area contributed by atoms with Crippen LogP contribution in [0.2, 0.25) is 0 Å². The third kappa shape index (κ3) is 5.01. The van der Waals surface area contributed by atoms with E-state index >= 15 is 0 Å². The molecule has 0 radical (unpaired) electrons. The SMILES string of the molecule is Cn1cc(-c2cc(Oc3ccc(NC(=O)C4(C(=O)Nc5ccc(F)cc5F)CC4)c(F)c3)ccn2)cn1. The maximum atomic E-state index is 14.8. The molecule has 2 N–H and O–H groups in total. The van der Waals surface area contributed by atoms with Gasteiger partial charge in [0.05, 0.1) is 23.3 Å². The van der Waals surface area contributed by atoms with Crippen LogP contribution in [0.1, 0.15) is 12.8 Å². The Kier molecular flexibility index (Phi) is 6.12. The molecule has 1 aliphatic carbocycles. The summed E-state index contributed by atoms with van der Waals surface area (Å²) in [7, 11) is 1.79. The highest BCUT2D eigenvalue weighted by atomic mass is 19.1. The standard InChI is InChI=1S/C26H20F3N5O3/c1-34-14-15(13-31-34)23-12-18(6-9-30-23)37-17-3-5-22(20(29)11-17)33-25(36)26(7-8-26)24(35)32-21-4-2-16(27)10-19(21)28/h2-6,9-14H,7-8H2,1H3,(H,32,35)(H,33,36). The Bertz CT molecular complexity index is 1520. The number of carbonyl (C=O) groups excluding carboxylic acids is 2. The summed E-state index contributed by atoms with van der Waals surface area (Å²) in [6.07, 6.45) is 5.42. The lowest BCUT2D eigenvalue weighted by molar-refractivity contribution is -0.131. The van der Waals surface area contributed by atoms with Crippen LogP contribution in [0.3, 0.4) is 0 Å². The maximum absolute atomic E-state index is 14.8. The molecule has 1 fully saturated rings. The first-order valence-electron chi connectivity index (χ1n) is 11.2. The van der Waals surface area contributed by atoms with Gasteiger partial charge in [-0.15, -0.1) is 0 Å². The minimum Gasteiger partial charge on any atom is -0.457 e. The van der Waals surface area contributed by atoms with Gasteiger partial charge >= 0.3 is 0 Å². The van der Waals surface area contributed by atoms with E-state index in [9.17, 15) is 22.8 Å². The lowest BCUT2D eigenvalue weighted by Gasteiger charge is -2.16. The molecule has 0 aliphatic heterocycles. The Morgan fingerprint density at radius 3 is 2.16 bits per heavy atom. The summed E-state index contributed by atoms with van der Waals surface area (Å²) in [5, 5.41) is 8.84. The topological polar surface area (TPSA) is 98.1 Å². The average molecular weight is 507 g/mol. The number of anilines is 2. The Labute approximate surface area is 209 Å². The van der Waals surface area contributed by atoms with Gasteiger partial charge in [-0.05, 0) is 43.2 Å². The Hall–Kier alpha value is -4.67. The van der Waals surface area contributed by atoms with E-state index in [-0.39, 0.29) is 30.0 Å². The highest BCUT2D eigenvalue weighted by Crippen LogP contribution is 2.48. The quantitative estimate of drug-likeness (QED) is 0.341. The van der Waals surface area contributed by atoms with Crippen molar-refractivity contribution in [2.45, 2.75) is 12.8 Å². The third-order valence-electron chi connectivity index (χ3n) is 5.96. The number of hydrogen-bond donors (Lipinski definition) is 2. The highest BCUT2D eigenvalue weighted by molar-refractivity contribution is 6.17. The lowest BCUT2D eigenvalue weighted by atomic mass is 10.0. The number of aryl methyl sites for hydroxylation is 1. The van der Waals surface area contributed by atoms with Crippen molar-refractivity contribution >= 4 is 23.2 Å². The van der Waals surface area contributed by atoms with Gasteiger partial charge in [0.2, 0.25) is 11.8 Å². The zero-order valence-electron chi connectivity index (χ0n) is 19.5. The molecule has 8 nitrogen and oxygen atoms in total. The van der Waals surface area contributed by atoms with Gasteiger partial charge < -0.3 is 15.4 Å². The number of nitrogens with zero attached hydrogens (tertiary/aromatic N) is 3. The van der Waals surface area contributed by atoms with E-state index in [1.807, 2.05) is 0 Å². The minimum atomic E-state index is -1.47. The summed E-state index contributed by atoms with van der Waals surface area (Å²) in [5.74, 6) is -3.40. The molecule has 5 rings (SSSR count). The van der Waals surface area contributed by atoms with Gasteiger partial charge in [0, 0.05) is 43.2 Å². The van der Waals surface area contributed by atoms with Crippen molar-refractivity contribution in [1.29, 1.82) is 0 Å². The molecule has 11 heteroatoms. The molecule has 0 spiro atoms. The van der Waals surface area contributed by atoms with Gasteiger partial charge in [0.15, 0.2) is 0 Å². The highest BCUT2D eigenvalue weighted by Gasteiger charge is 2.56. The summed E-state index contributed by atoms with van der Waals surface area (Å²) in [5.41, 5.74) is -0.445. The molecule has 2 aromatic carbocycles. The molecule has 4 aromatic rings. The average Bonchev–Trinajstić information content (AvgIpc) is 3.57. The van der Waals surface area contributed by atoms with Crippen LogP contribution in [0.5, 0.6) is 11.5 Å². The molecule has 0 unspecified atom stereocenters. The molecule has 2 heterocycles. The number of carbonyl (C=O) groups is 2. The second kappa shape index (κ2) is 9.41. The smallest absolute Gasteiger partial charge is 0.240 e. The third-order valence-corrected chi connectivity index (χ3v) is 5.96. The van der Waals surface area contributed by atoms with Gasteiger partial charge in [-0.1, -0.05) is 0 Å². The van der Waals surface area contributed by atoms with Crippen LogP contribution in [0.4, 0.5) is 24.5 Å². The zero-order valence-corrected chi connectivity index (χ0v) is 19.5. The van der Waals surface area contributed by atoms with Crippen LogP contribution >= 0.6 is 0 Å². The second-order valence-electron chi connectivity index (χ2n) is 8.64. The predicted molar refractivity (Wildman–Crippen MR) is 128 cm³/mol. The van der Waals surface area contributed by atoms with E-state index in [4.69, 9.17) is 4.74 Å². The number of rotatable bonds is 7. The summed E-state index contributed by atoms with van der Waals surface area (Å²) in [4.78, 5) is 29.8. The van der Waals surface area contributed by atoms with E-state index in [2.05, 4.69) is 20.7 Å². The molecule has 0 bridgehead atoms. The largest absolute Gasteiger partial charge is 0.457 e. The fraction of sp³-hybridized carbons (Fsp3) is 0.154. The number of benzene rings is 2. The van der Waals surface area contributed by atoms with Crippen LogP contribution in [-0.2, 0) is 16.6 Å². The zero-order chi connectivity index (χ0) is 26.2. The number of ether oxygens (including phenoxy) is 1. The van der Waals surface area contributed by atoms with Crippen LogP contribution in [0, 0.1) is 22.9 Å². The summed E-state index contributed by atoms with van der Waals surface area (Å²) >= 11 is 0. The van der Waals surface area contributed by atoms with Gasteiger partial charge in [-0.25, -0.2) is 13.2 Å². The van der Waals surface area contributed by atoms with Crippen molar-refractivity contribution in [2.75, 3.05) is 10.6 Å². The van der Waals surface area contributed by atoms with Crippen molar-refractivity contribution < 1.29 is 27.5 Å². The van der Waals surface area contributed by atoms with E-state index in [0.717, 1.165) is 23.8 Å². The molecule has 0 atom stereocenters. The van der Waals surface area contributed by atoms with E-state index in [1.54, 1.807) is 42.5 Å². The first-order chi connectivity index (χ1) is 17.7. The van der Waals surface area contributed by atoms with Gasteiger partial charge in [-0.3, -0.25) is 19.3 Å². The molecule has 1 saturated carbocycles. The molecule has 188 valence electrons. The fourth-order valence-corrected chi connectivity index (χ4v) is 3.74. The number of nitrogens with one attached hydrogen (secondary N) is 2. The molecule has 1 aliphatic rings. The first kappa shape index (κ1) is 24.0.